The number of pyridine rings is 1. The summed E-state index contributed by atoms with van der Waals surface area (Å²) in [5.41, 5.74) is 0.857. The maximum atomic E-state index is 10.7. The molecule has 4 nitrogen and oxygen atoms in total. The number of carboxylic acids is 1. The summed E-state index contributed by atoms with van der Waals surface area (Å²) in [6.07, 6.45) is 9.54. The van der Waals surface area contributed by atoms with Crippen molar-refractivity contribution in [1.82, 2.24) is 4.98 Å². The van der Waals surface area contributed by atoms with Crippen molar-refractivity contribution in [3.63, 3.8) is 0 Å². The molecular weight excluding hydrogens is 252 g/mol. The third-order valence-corrected chi connectivity index (χ3v) is 4.12. The Morgan fingerprint density at radius 2 is 2.20 bits per heavy atom. The molecule has 1 saturated carbocycles. The van der Waals surface area contributed by atoms with Crippen molar-refractivity contribution in [1.29, 1.82) is 0 Å². The molecule has 1 aliphatic rings. The number of hydrogen-bond acceptors (Lipinski definition) is 3. The van der Waals surface area contributed by atoms with E-state index in [1.807, 2.05) is 12.1 Å². The van der Waals surface area contributed by atoms with Crippen LogP contribution < -0.4 is 4.90 Å². The fourth-order valence-corrected chi connectivity index (χ4v) is 3.02. The van der Waals surface area contributed by atoms with Crippen molar-refractivity contribution < 1.29 is 9.90 Å². The van der Waals surface area contributed by atoms with Crippen LogP contribution in [0.3, 0.4) is 0 Å². The van der Waals surface area contributed by atoms with Gasteiger partial charge in [0.1, 0.15) is 5.82 Å². The summed E-state index contributed by atoms with van der Waals surface area (Å²) >= 11 is 0. The van der Waals surface area contributed by atoms with Gasteiger partial charge in [0.05, 0.1) is 0 Å². The lowest BCUT2D eigenvalue weighted by Gasteiger charge is -2.37. The van der Waals surface area contributed by atoms with Crippen LogP contribution in [-0.2, 0) is 4.79 Å². The van der Waals surface area contributed by atoms with Crippen LogP contribution in [0.25, 0.3) is 6.08 Å². The first-order valence-electron chi connectivity index (χ1n) is 7.18. The molecule has 1 fully saturated rings. The second-order valence-corrected chi connectivity index (χ2v) is 5.53. The van der Waals surface area contributed by atoms with E-state index in [0.717, 1.165) is 11.4 Å². The summed E-state index contributed by atoms with van der Waals surface area (Å²) in [5, 5.41) is 8.77. The van der Waals surface area contributed by atoms with E-state index in [0.29, 0.717) is 12.0 Å². The zero-order chi connectivity index (χ0) is 14.5. The quantitative estimate of drug-likeness (QED) is 0.857. The van der Waals surface area contributed by atoms with Gasteiger partial charge in [0.2, 0.25) is 0 Å². The molecule has 0 radical (unpaired) electrons. The van der Waals surface area contributed by atoms with E-state index in [9.17, 15) is 4.79 Å². The van der Waals surface area contributed by atoms with Gasteiger partial charge in [-0.1, -0.05) is 19.8 Å². The second-order valence-electron chi connectivity index (χ2n) is 5.53. The molecule has 4 heteroatoms. The number of hydrogen-bond donors (Lipinski definition) is 1. The van der Waals surface area contributed by atoms with E-state index < -0.39 is 5.97 Å². The molecule has 1 aromatic heterocycles. The Morgan fingerprint density at radius 1 is 1.45 bits per heavy atom. The summed E-state index contributed by atoms with van der Waals surface area (Å²) in [6.45, 7) is 2.29. The van der Waals surface area contributed by atoms with Crippen molar-refractivity contribution in [2.24, 2.45) is 5.92 Å². The fraction of sp³-hybridized carbons (Fsp3) is 0.500. The maximum absolute atomic E-state index is 10.7. The molecule has 0 amide bonds. The van der Waals surface area contributed by atoms with E-state index in [1.165, 1.54) is 31.8 Å². The molecule has 1 heterocycles. The first kappa shape index (κ1) is 14.6. The second kappa shape index (κ2) is 6.55. The Balaban J connectivity index is 2.24. The van der Waals surface area contributed by atoms with Gasteiger partial charge in [-0.3, -0.25) is 0 Å². The predicted octanol–water partition coefficient (Wildman–Crippen LogP) is 3.19. The first-order chi connectivity index (χ1) is 9.59. The molecule has 0 aromatic carbocycles. The first-order valence-corrected chi connectivity index (χ1v) is 7.18. The molecule has 0 aliphatic heterocycles. The topological polar surface area (TPSA) is 53.4 Å². The average Bonchev–Trinajstić information content (AvgIpc) is 2.45. The van der Waals surface area contributed by atoms with Crippen LogP contribution in [0.2, 0.25) is 0 Å². The third kappa shape index (κ3) is 3.38. The zero-order valence-corrected chi connectivity index (χ0v) is 12.1. The standard InChI is InChI=1S/C16H22N2O2/c1-12-6-3-4-8-14(12)18(2)16-13(7-5-11-17-16)9-10-15(19)20/h5,7,9-12,14H,3-4,6,8H2,1-2H3,(H,19,20)/b10-9+. The fourth-order valence-electron chi connectivity index (χ4n) is 3.02. The van der Waals surface area contributed by atoms with Crippen LogP contribution in [0, 0.1) is 5.92 Å². The zero-order valence-electron chi connectivity index (χ0n) is 12.1. The minimum atomic E-state index is -0.937. The molecule has 108 valence electrons. The molecule has 20 heavy (non-hydrogen) atoms. The molecule has 1 aliphatic carbocycles. The van der Waals surface area contributed by atoms with E-state index >= 15 is 0 Å². The minimum Gasteiger partial charge on any atom is -0.478 e. The molecule has 2 atom stereocenters. The van der Waals surface area contributed by atoms with E-state index in [2.05, 4.69) is 23.9 Å². The number of anilines is 1. The molecule has 1 aromatic rings. The van der Waals surface area contributed by atoms with E-state index in [4.69, 9.17) is 5.11 Å². The van der Waals surface area contributed by atoms with E-state index in [1.54, 1.807) is 12.3 Å². The number of rotatable bonds is 4. The number of carbonyl (C=O) groups is 1. The summed E-state index contributed by atoms with van der Waals surface area (Å²) in [7, 11) is 2.06. The normalized spacial score (nSPS) is 22.9. The van der Waals surface area contributed by atoms with Crippen molar-refractivity contribution in [3.8, 4) is 0 Å². The number of aromatic nitrogens is 1. The van der Waals surface area contributed by atoms with Crippen LogP contribution in [-0.4, -0.2) is 29.1 Å². The lowest BCUT2D eigenvalue weighted by molar-refractivity contribution is -0.131. The summed E-state index contributed by atoms with van der Waals surface area (Å²) in [5.74, 6) is 0.573. The van der Waals surface area contributed by atoms with Gasteiger partial charge in [-0.15, -0.1) is 0 Å². The Bertz CT molecular complexity index is 499. The highest BCUT2D eigenvalue weighted by molar-refractivity contribution is 5.86. The summed E-state index contributed by atoms with van der Waals surface area (Å²) in [6, 6.07) is 4.23. The Morgan fingerprint density at radius 3 is 2.90 bits per heavy atom. The maximum Gasteiger partial charge on any atom is 0.328 e. The SMILES string of the molecule is CC1CCCCC1N(C)c1ncccc1/C=C/C(=O)O. The van der Waals surface area contributed by atoms with Crippen LogP contribution >= 0.6 is 0 Å². The summed E-state index contributed by atoms with van der Waals surface area (Å²) in [4.78, 5) is 17.3. The van der Waals surface area contributed by atoms with Crippen LogP contribution in [0.1, 0.15) is 38.2 Å². The number of aliphatic carboxylic acids is 1. The van der Waals surface area contributed by atoms with Gasteiger partial charge in [0, 0.05) is 30.9 Å². The van der Waals surface area contributed by atoms with E-state index in [-0.39, 0.29) is 0 Å². The lowest BCUT2D eigenvalue weighted by atomic mass is 9.85. The largest absolute Gasteiger partial charge is 0.478 e. The Kier molecular flexibility index (Phi) is 4.77. The highest BCUT2D eigenvalue weighted by Gasteiger charge is 2.26. The van der Waals surface area contributed by atoms with Gasteiger partial charge in [0.25, 0.3) is 0 Å². The minimum absolute atomic E-state index is 0.482. The molecule has 0 bridgehead atoms. The molecular formula is C16H22N2O2. The van der Waals surface area contributed by atoms with Gasteiger partial charge >= 0.3 is 5.97 Å². The number of carboxylic acid groups (broad SMARTS) is 1. The highest BCUT2D eigenvalue weighted by Crippen LogP contribution is 2.31. The molecule has 2 rings (SSSR count). The Hall–Kier alpha value is -1.84. The van der Waals surface area contributed by atoms with Crippen molar-refractivity contribution in [3.05, 3.63) is 30.0 Å². The highest BCUT2D eigenvalue weighted by atomic mass is 16.4. The van der Waals surface area contributed by atoms with Crippen molar-refractivity contribution >= 4 is 17.9 Å². The van der Waals surface area contributed by atoms with Gasteiger partial charge in [-0.05, 0) is 37.0 Å². The summed E-state index contributed by atoms with van der Waals surface area (Å²) < 4.78 is 0. The van der Waals surface area contributed by atoms with Gasteiger partial charge in [-0.25, -0.2) is 9.78 Å². The predicted molar refractivity (Wildman–Crippen MR) is 80.7 cm³/mol. The average molecular weight is 274 g/mol. The third-order valence-electron chi connectivity index (χ3n) is 4.12. The van der Waals surface area contributed by atoms with Gasteiger partial charge in [-0.2, -0.15) is 0 Å². The van der Waals surface area contributed by atoms with Crippen LogP contribution in [0.15, 0.2) is 24.4 Å². The van der Waals surface area contributed by atoms with Crippen molar-refractivity contribution in [2.45, 2.75) is 38.6 Å². The monoisotopic (exact) mass is 274 g/mol. The lowest BCUT2D eigenvalue weighted by Crippen LogP contribution is -2.39. The van der Waals surface area contributed by atoms with Gasteiger partial charge < -0.3 is 10.0 Å². The molecule has 1 N–H and O–H groups in total. The number of nitrogens with zero attached hydrogens (tertiary/aromatic N) is 2. The van der Waals surface area contributed by atoms with Crippen LogP contribution in [0.4, 0.5) is 5.82 Å². The van der Waals surface area contributed by atoms with Crippen molar-refractivity contribution in [2.75, 3.05) is 11.9 Å². The molecule has 0 saturated heterocycles. The van der Waals surface area contributed by atoms with Gasteiger partial charge in [0.15, 0.2) is 0 Å². The smallest absolute Gasteiger partial charge is 0.328 e. The molecule has 2 unspecified atom stereocenters. The molecule has 0 spiro atoms. The van der Waals surface area contributed by atoms with Crippen LogP contribution in [0.5, 0.6) is 0 Å². The Labute approximate surface area is 120 Å².